The van der Waals surface area contributed by atoms with Crippen LogP contribution in [0.3, 0.4) is 0 Å². The van der Waals surface area contributed by atoms with Gasteiger partial charge in [-0.25, -0.2) is 0 Å². The maximum atomic E-state index is 4.83. The fourth-order valence-electron chi connectivity index (χ4n) is 2.79. The van der Waals surface area contributed by atoms with Crippen molar-refractivity contribution in [2.75, 3.05) is 0 Å². The Morgan fingerprint density at radius 1 is 0.714 bits per heavy atom. The predicted octanol–water partition coefficient (Wildman–Crippen LogP) is 6.29. The molecule has 1 heteroatoms. The summed E-state index contributed by atoms with van der Waals surface area (Å²) in [7, 11) is 0. The predicted molar refractivity (Wildman–Crippen MR) is 93.6 cm³/mol. The standard InChI is InChI=1S/C20H34N/c1-4-6-8-10-12-14-19-16-18(3)17-20(21-19)15-13-11-9-7-5-2/h16-17H,3-15H2,1-2H3. The first-order valence-electron chi connectivity index (χ1n) is 9.08. The third kappa shape index (κ3) is 8.90. The highest BCUT2D eigenvalue weighted by Gasteiger charge is 2.02. The number of pyridine rings is 1. The number of aryl methyl sites for hydroxylation is 2. The van der Waals surface area contributed by atoms with Crippen LogP contribution in [0.5, 0.6) is 0 Å². The topological polar surface area (TPSA) is 12.9 Å². The Kier molecular flexibility index (Phi) is 10.2. The minimum Gasteiger partial charge on any atom is -0.258 e. The zero-order chi connectivity index (χ0) is 15.3. The van der Waals surface area contributed by atoms with Crippen molar-refractivity contribution in [3.8, 4) is 0 Å². The van der Waals surface area contributed by atoms with Gasteiger partial charge in [-0.1, -0.05) is 65.2 Å². The molecule has 0 aliphatic carbocycles. The van der Waals surface area contributed by atoms with Crippen molar-refractivity contribution in [2.45, 2.75) is 90.9 Å². The molecule has 1 radical (unpaired) electrons. The van der Waals surface area contributed by atoms with Gasteiger partial charge in [0.25, 0.3) is 0 Å². The summed E-state index contributed by atoms with van der Waals surface area (Å²) in [4.78, 5) is 4.83. The number of hydrogen-bond donors (Lipinski definition) is 0. The monoisotopic (exact) mass is 288 g/mol. The maximum absolute atomic E-state index is 4.83. The largest absolute Gasteiger partial charge is 0.258 e. The SMILES string of the molecule is [CH2]c1cc(CCCCCCC)nc(CCCCCCC)c1. The van der Waals surface area contributed by atoms with Crippen molar-refractivity contribution < 1.29 is 0 Å². The third-order valence-electron chi connectivity index (χ3n) is 4.06. The molecule has 1 rings (SSSR count). The van der Waals surface area contributed by atoms with Crippen molar-refractivity contribution in [3.05, 3.63) is 36.0 Å². The second-order valence-electron chi connectivity index (χ2n) is 6.29. The van der Waals surface area contributed by atoms with Crippen molar-refractivity contribution in [1.29, 1.82) is 0 Å². The van der Waals surface area contributed by atoms with Gasteiger partial charge in [-0.3, -0.25) is 4.98 Å². The van der Waals surface area contributed by atoms with Crippen LogP contribution in [0.15, 0.2) is 12.1 Å². The summed E-state index contributed by atoms with van der Waals surface area (Å²) >= 11 is 0. The van der Waals surface area contributed by atoms with E-state index in [0.717, 1.165) is 18.4 Å². The van der Waals surface area contributed by atoms with Gasteiger partial charge in [0.15, 0.2) is 0 Å². The molecule has 1 heterocycles. The third-order valence-corrected chi connectivity index (χ3v) is 4.06. The second-order valence-corrected chi connectivity index (χ2v) is 6.29. The summed E-state index contributed by atoms with van der Waals surface area (Å²) < 4.78 is 0. The summed E-state index contributed by atoms with van der Waals surface area (Å²) in [6.07, 6.45) is 15.5. The van der Waals surface area contributed by atoms with Crippen molar-refractivity contribution in [3.63, 3.8) is 0 Å². The lowest BCUT2D eigenvalue weighted by atomic mass is 10.1. The Bertz CT molecular complexity index is 338. The minimum absolute atomic E-state index is 1.12. The summed E-state index contributed by atoms with van der Waals surface area (Å²) in [5.74, 6) is 0. The highest BCUT2D eigenvalue weighted by Crippen LogP contribution is 2.13. The van der Waals surface area contributed by atoms with Crippen LogP contribution in [0.2, 0.25) is 0 Å². The number of hydrogen-bond acceptors (Lipinski definition) is 1. The molecule has 0 fully saturated rings. The average Bonchev–Trinajstić information content (AvgIpc) is 2.46. The second kappa shape index (κ2) is 11.8. The molecule has 0 bridgehead atoms. The molecule has 1 aromatic heterocycles. The van der Waals surface area contributed by atoms with Crippen molar-refractivity contribution in [1.82, 2.24) is 4.98 Å². The molecule has 0 aliphatic heterocycles. The van der Waals surface area contributed by atoms with E-state index in [9.17, 15) is 0 Å². The lowest BCUT2D eigenvalue weighted by molar-refractivity contribution is 0.619. The smallest absolute Gasteiger partial charge is 0.0409 e. The van der Waals surface area contributed by atoms with E-state index in [0.29, 0.717) is 0 Å². The number of nitrogens with zero attached hydrogens (tertiary/aromatic N) is 1. The molecule has 0 atom stereocenters. The Morgan fingerprint density at radius 2 is 1.14 bits per heavy atom. The molecule has 0 N–H and O–H groups in total. The zero-order valence-corrected chi connectivity index (χ0v) is 14.3. The van der Waals surface area contributed by atoms with Gasteiger partial charge in [-0.15, -0.1) is 0 Å². The van der Waals surface area contributed by atoms with Crippen LogP contribution in [-0.2, 0) is 12.8 Å². The highest BCUT2D eigenvalue weighted by molar-refractivity contribution is 5.24. The fourth-order valence-corrected chi connectivity index (χ4v) is 2.79. The first-order chi connectivity index (χ1) is 10.3. The summed E-state index contributed by atoms with van der Waals surface area (Å²) in [5.41, 5.74) is 3.64. The number of unbranched alkanes of at least 4 members (excludes halogenated alkanes) is 8. The van der Waals surface area contributed by atoms with E-state index >= 15 is 0 Å². The molecule has 0 unspecified atom stereocenters. The van der Waals surface area contributed by atoms with Gasteiger partial charge in [-0.05, 0) is 50.3 Å². The van der Waals surface area contributed by atoms with E-state index in [1.54, 1.807) is 0 Å². The van der Waals surface area contributed by atoms with Gasteiger partial charge >= 0.3 is 0 Å². The van der Waals surface area contributed by atoms with E-state index in [-0.39, 0.29) is 0 Å². The first-order valence-corrected chi connectivity index (χ1v) is 9.08. The first kappa shape index (κ1) is 18.2. The van der Waals surface area contributed by atoms with Crippen LogP contribution in [0, 0.1) is 6.92 Å². The van der Waals surface area contributed by atoms with Gasteiger partial charge in [0.05, 0.1) is 0 Å². The molecular weight excluding hydrogens is 254 g/mol. The van der Waals surface area contributed by atoms with Gasteiger partial charge in [0, 0.05) is 11.4 Å². The highest BCUT2D eigenvalue weighted by atomic mass is 14.7. The van der Waals surface area contributed by atoms with E-state index in [4.69, 9.17) is 4.98 Å². The van der Waals surface area contributed by atoms with Gasteiger partial charge in [0.2, 0.25) is 0 Å². The van der Waals surface area contributed by atoms with E-state index in [2.05, 4.69) is 32.9 Å². The molecule has 0 aliphatic rings. The van der Waals surface area contributed by atoms with E-state index in [1.807, 2.05) is 0 Å². The lowest BCUT2D eigenvalue weighted by Gasteiger charge is -2.07. The Morgan fingerprint density at radius 3 is 1.57 bits per heavy atom. The summed E-state index contributed by atoms with van der Waals surface area (Å²) in [5, 5.41) is 0. The fraction of sp³-hybridized carbons (Fsp3) is 0.700. The Balaban J connectivity index is 2.32. The number of rotatable bonds is 12. The molecule has 1 nitrogen and oxygen atoms in total. The maximum Gasteiger partial charge on any atom is 0.0409 e. The molecular formula is C20H34N. The number of aromatic nitrogens is 1. The minimum atomic E-state index is 1.12. The molecule has 1 aromatic rings. The van der Waals surface area contributed by atoms with Gasteiger partial charge < -0.3 is 0 Å². The zero-order valence-electron chi connectivity index (χ0n) is 14.3. The molecule has 0 spiro atoms. The quantitative estimate of drug-likeness (QED) is 0.412. The molecule has 0 saturated heterocycles. The average molecular weight is 288 g/mol. The normalized spacial score (nSPS) is 11.0. The van der Waals surface area contributed by atoms with Crippen LogP contribution >= 0.6 is 0 Å². The van der Waals surface area contributed by atoms with Crippen molar-refractivity contribution >= 4 is 0 Å². The van der Waals surface area contributed by atoms with Crippen LogP contribution in [0.4, 0.5) is 0 Å². The Labute approximate surface area is 132 Å². The molecule has 0 aromatic carbocycles. The lowest BCUT2D eigenvalue weighted by Crippen LogP contribution is -1.98. The molecule has 119 valence electrons. The molecule has 21 heavy (non-hydrogen) atoms. The van der Waals surface area contributed by atoms with Gasteiger partial charge in [-0.2, -0.15) is 0 Å². The van der Waals surface area contributed by atoms with E-state index < -0.39 is 0 Å². The molecule has 0 saturated carbocycles. The van der Waals surface area contributed by atoms with Crippen LogP contribution in [0.25, 0.3) is 0 Å². The Hall–Kier alpha value is -0.850. The van der Waals surface area contributed by atoms with Crippen LogP contribution in [0.1, 0.15) is 95.0 Å². The van der Waals surface area contributed by atoms with E-state index in [1.165, 1.54) is 75.6 Å². The van der Waals surface area contributed by atoms with Crippen LogP contribution in [-0.4, -0.2) is 4.98 Å². The van der Waals surface area contributed by atoms with Crippen molar-refractivity contribution in [2.24, 2.45) is 0 Å². The van der Waals surface area contributed by atoms with Gasteiger partial charge in [0.1, 0.15) is 0 Å². The summed E-state index contributed by atoms with van der Waals surface area (Å²) in [6.45, 7) is 8.65. The molecule has 0 amide bonds. The van der Waals surface area contributed by atoms with Crippen LogP contribution < -0.4 is 0 Å². The summed E-state index contributed by atoms with van der Waals surface area (Å²) in [6, 6.07) is 4.33.